The van der Waals surface area contributed by atoms with Crippen molar-refractivity contribution in [2.24, 2.45) is 0 Å². The number of H-pyrrole nitrogens is 2. The van der Waals surface area contributed by atoms with E-state index in [0.717, 1.165) is 25.7 Å². The molecule has 7 nitrogen and oxygen atoms in total. The fourth-order valence-electron chi connectivity index (χ4n) is 3.23. The molecule has 1 fully saturated rings. The molecule has 1 amide bonds. The van der Waals surface area contributed by atoms with Crippen LogP contribution in [0, 0.1) is 0 Å². The average Bonchev–Trinajstić information content (AvgIpc) is 2.59. The highest BCUT2D eigenvalue weighted by atomic mass is 16.2. The summed E-state index contributed by atoms with van der Waals surface area (Å²) in [7, 11) is 0. The van der Waals surface area contributed by atoms with Gasteiger partial charge in [-0.15, -0.1) is 0 Å². The van der Waals surface area contributed by atoms with Gasteiger partial charge in [-0.3, -0.25) is 14.6 Å². The molecule has 2 aromatic rings. The van der Waals surface area contributed by atoms with Crippen LogP contribution in [0.2, 0.25) is 0 Å². The molecule has 1 heterocycles. The van der Waals surface area contributed by atoms with Gasteiger partial charge in [-0.05, 0) is 37.2 Å². The summed E-state index contributed by atoms with van der Waals surface area (Å²) in [6, 6.07) is 10.3. The first kappa shape index (κ1) is 16.0. The maximum Gasteiger partial charge on any atom is 0.326 e. The molecule has 1 aromatic carbocycles. The number of anilines is 1. The van der Waals surface area contributed by atoms with E-state index in [1.165, 1.54) is 5.56 Å². The Labute approximate surface area is 138 Å². The lowest BCUT2D eigenvalue weighted by Crippen LogP contribution is -2.40. The second-order valence-corrected chi connectivity index (χ2v) is 6.13. The highest BCUT2D eigenvalue weighted by Gasteiger charge is 2.25. The van der Waals surface area contributed by atoms with Gasteiger partial charge in [0.15, 0.2) is 0 Å². The Morgan fingerprint density at radius 2 is 1.71 bits per heavy atom. The van der Waals surface area contributed by atoms with Crippen LogP contribution in [0.1, 0.15) is 47.7 Å². The minimum absolute atomic E-state index is 0.0136. The second kappa shape index (κ2) is 6.74. The number of hydrogen-bond acceptors (Lipinski definition) is 4. The number of nitrogens with two attached hydrogens (primary N) is 1. The van der Waals surface area contributed by atoms with Crippen molar-refractivity contribution in [2.45, 2.75) is 37.6 Å². The molecule has 1 aliphatic rings. The zero-order valence-electron chi connectivity index (χ0n) is 13.2. The van der Waals surface area contributed by atoms with Crippen LogP contribution in [0.25, 0.3) is 0 Å². The SMILES string of the molecule is Nc1c(C(=O)NC2CCC(c3ccccc3)CC2)[nH]c(=O)[nH]c1=O. The van der Waals surface area contributed by atoms with Gasteiger partial charge in [0.1, 0.15) is 11.4 Å². The zero-order valence-corrected chi connectivity index (χ0v) is 13.2. The second-order valence-electron chi connectivity index (χ2n) is 6.13. The number of aromatic nitrogens is 2. The van der Waals surface area contributed by atoms with Gasteiger partial charge in [0, 0.05) is 6.04 Å². The molecule has 1 saturated carbocycles. The number of carbonyl (C=O) groups is 1. The lowest BCUT2D eigenvalue weighted by molar-refractivity contribution is 0.0921. The zero-order chi connectivity index (χ0) is 17.1. The normalized spacial score (nSPS) is 20.5. The summed E-state index contributed by atoms with van der Waals surface area (Å²) in [6.07, 6.45) is 3.66. The Kier molecular flexibility index (Phi) is 4.50. The number of nitrogens with one attached hydrogen (secondary N) is 3. The number of benzene rings is 1. The number of amides is 1. The van der Waals surface area contributed by atoms with Crippen molar-refractivity contribution >= 4 is 11.6 Å². The third-order valence-corrected chi connectivity index (χ3v) is 4.54. The van der Waals surface area contributed by atoms with Crippen molar-refractivity contribution in [2.75, 3.05) is 5.73 Å². The predicted molar refractivity (Wildman–Crippen MR) is 91.0 cm³/mol. The average molecular weight is 328 g/mol. The monoisotopic (exact) mass is 328 g/mol. The number of aromatic amines is 2. The van der Waals surface area contributed by atoms with E-state index < -0.39 is 17.2 Å². The van der Waals surface area contributed by atoms with Crippen molar-refractivity contribution in [3.63, 3.8) is 0 Å². The molecule has 0 aliphatic heterocycles. The Bertz CT molecular complexity index is 833. The lowest BCUT2D eigenvalue weighted by Gasteiger charge is -2.29. The van der Waals surface area contributed by atoms with Gasteiger partial charge < -0.3 is 16.0 Å². The fraction of sp³-hybridized carbons (Fsp3) is 0.353. The van der Waals surface area contributed by atoms with E-state index in [-0.39, 0.29) is 17.4 Å². The molecular formula is C17H20N4O3. The largest absolute Gasteiger partial charge is 0.392 e. The molecule has 24 heavy (non-hydrogen) atoms. The first-order chi connectivity index (χ1) is 11.5. The Morgan fingerprint density at radius 3 is 2.38 bits per heavy atom. The van der Waals surface area contributed by atoms with Gasteiger partial charge in [0.05, 0.1) is 0 Å². The van der Waals surface area contributed by atoms with Crippen LogP contribution in [0.5, 0.6) is 0 Å². The van der Waals surface area contributed by atoms with E-state index in [0.29, 0.717) is 5.92 Å². The summed E-state index contributed by atoms with van der Waals surface area (Å²) in [6.45, 7) is 0. The van der Waals surface area contributed by atoms with E-state index in [2.05, 4.69) is 22.4 Å². The van der Waals surface area contributed by atoms with Gasteiger partial charge in [0.2, 0.25) is 0 Å². The quantitative estimate of drug-likeness (QED) is 0.674. The highest BCUT2D eigenvalue weighted by molar-refractivity contribution is 5.96. The van der Waals surface area contributed by atoms with Crippen LogP contribution in [-0.2, 0) is 0 Å². The van der Waals surface area contributed by atoms with Crippen LogP contribution >= 0.6 is 0 Å². The van der Waals surface area contributed by atoms with E-state index in [4.69, 9.17) is 5.73 Å². The van der Waals surface area contributed by atoms with Gasteiger partial charge in [-0.2, -0.15) is 0 Å². The number of carbonyl (C=O) groups excluding carboxylic acids is 1. The van der Waals surface area contributed by atoms with E-state index in [1.807, 2.05) is 23.2 Å². The molecule has 7 heteroatoms. The Morgan fingerprint density at radius 1 is 1.04 bits per heavy atom. The molecule has 0 bridgehead atoms. The summed E-state index contributed by atoms with van der Waals surface area (Å²) < 4.78 is 0. The summed E-state index contributed by atoms with van der Waals surface area (Å²) >= 11 is 0. The standard InChI is InChI=1S/C17H20N4O3/c18-13-14(20-17(24)21-15(13)22)16(23)19-12-8-6-11(7-9-12)10-4-2-1-3-5-10/h1-5,11-12H,6-9,18H2,(H,19,23)(H2,20,21,22,24). The maximum absolute atomic E-state index is 12.3. The van der Waals surface area contributed by atoms with Crippen molar-refractivity contribution in [3.05, 3.63) is 62.4 Å². The number of hydrogen-bond donors (Lipinski definition) is 4. The summed E-state index contributed by atoms with van der Waals surface area (Å²) in [4.78, 5) is 39.3. The molecular weight excluding hydrogens is 308 g/mol. The Hall–Kier alpha value is -2.83. The molecule has 1 aliphatic carbocycles. The molecule has 5 N–H and O–H groups in total. The van der Waals surface area contributed by atoms with E-state index in [1.54, 1.807) is 0 Å². The summed E-state index contributed by atoms with van der Waals surface area (Å²) in [5.41, 5.74) is 4.96. The molecule has 0 atom stereocenters. The van der Waals surface area contributed by atoms with Crippen LogP contribution < -0.4 is 22.3 Å². The van der Waals surface area contributed by atoms with Gasteiger partial charge in [-0.25, -0.2) is 4.79 Å². The third-order valence-electron chi connectivity index (χ3n) is 4.54. The lowest BCUT2D eigenvalue weighted by atomic mass is 9.82. The van der Waals surface area contributed by atoms with Crippen molar-refractivity contribution < 1.29 is 4.79 Å². The van der Waals surface area contributed by atoms with Gasteiger partial charge >= 0.3 is 5.69 Å². The first-order valence-corrected chi connectivity index (χ1v) is 8.02. The maximum atomic E-state index is 12.3. The van der Waals surface area contributed by atoms with Crippen LogP contribution in [0.15, 0.2) is 39.9 Å². The molecule has 126 valence electrons. The van der Waals surface area contributed by atoms with Crippen molar-refractivity contribution in [3.8, 4) is 0 Å². The minimum atomic E-state index is -0.753. The predicted octanol–water partition coefficient (Wildman–Crippen LogP) is 1.10. The Balaban J connectivity index is 1.63. The van der Waals surface area contributed by atoms with Gasteiger partial charge in [0.25, 0.3) is 11.5 Å². The molecule has 3 rings (SSSR count). The molecule has 0 saturated heterocycles. The summed E-state index contributed by atoms with van der Waals surface area (Å²) in [5, 5.41) is 2.86. The molecule has 0 spiro atoms. The smallest absolute Gasteiger partial charge is 0.326 e. The van der Waals surface area contributed by atoms with Gasteiger partial charge in [-0.1, -0.05) is 30.3 Å². The molecule has 1 aromatic heterocycles. The third kappa shape index (κ3) is 3.40. The van der Waals surface area contributed by atoms with Crippen molar-refractivity contribution in [1.29, 1.82) is 0 Å². The van der Waals surface area contributed by atoms with Crippen LogP contribution in [0.4, 0.5) is 5.69 Å². The first-order valence-electron chi connectivity index (χ1n) is 8.02. The molecule has 0 radical (unpaired) electrons. The molecule has 0 unspecified atom stereocenters. The highest BCUT2D eigenvalue weighted by Crippen LogP contribution is 2.32. The number of nitrogen functional groups attached to an aromatic ring is 1. The van der Waals surface area contributed by atoms with E-state index in [9.17, 15) is 14.4 Å². The van der Waals surface area contributed by atoms with E-state index >= 15 is 0 Å². The van der Waals surface area contributed by atoms with Crippen LogP contribution in [-0.4, -0.2) is 21.9 Å². The minimum Gasteiger partial charge on any atom is -0.392 e. The van der Waals surface area contributed by atoms with Crippen LogP contribution in [0.3, 0.4) is 0 Å². The summed E-state index contributed by atoms with van der Waals surface area (Å²) in [5.74, 6) is -0.0114. The number of rotatable bonds is 3. The fourth-order valence-corrected chi connectivity index (χ4v) is 3.23. The van der Waals surface area contributed by atoms with Crippen molar-refractivity contribution in [1.82, 2.24) is 15.3 Å². The topological polar surface area (TPSA) is 121 Å².